The summed E-state index contributed by atoms with van der Waals surface area (Å²) >= 11 is 0. The van der Waals surface area contributed by atoms with Gasteiger partial charge in [0.25, 0.3) is 0 Å². The monoisotopic (exact) mass is 417 g/mol. The molecule has 0 bridgehead atoms. The number of rotatable bonds is 6. The zero-order chi connectivity index (χ0) is 21.6. The number of piperazine rings is 1. The van der Waals surface area contributed by atoms with Crippen LogP contribution in [0, 0.1) is 5.82 Å². The van der Waals surface area contributed by atoms with E-state index in [0.717, 1.165) is 43.0 Å². The maximum atomic E-state index is 13.2. The third-order valence-electron chi connectivity index (χ3n) is 5.99. The van der Waals surface area contributed by atoms with E-state index in [1.54, 1.807) is 0 Å². The maximum absolute atomic E-state index is 13.2. The Bertz CT molecular complexity index is 931. The number of nitrogens with one attached hydrogen (secondary N) is 1. The molecule has 1 N–H and O–H groups in total. The van der Waals surface area contributed by atoms with E-state index < -0.39 is 0 Å². The third kappa shape index (κ3) is 5.12. The van der Waals surface area contributed by atoms with Crippen molar-refractivity contribution in [1.82, 2.24) is 10.2 Å². The number of carbonyl (C=O) groups excluding carboxylic acids is 1. The van der Waals surface area contributed by atoms with E-state index in [1.807, 2.05) is 79.7 Å². The van der Waals surface area contributed by atoms with E-state index in [2.05, 4.69) is 15.1 Å². The maximum Gasteiger partial charge on any atom is 0.237 e. The van der Waals surface area contributed by atoms with Crippen LogP contribution in [0.4, 0.5) is 10.1 Å². The Labute approximate surface area is 183 Å². The highest BCUT2D eigenvalue weighted by Gasteiger charge is 2.27. The zero-order valence-electron chi connectivity index (χ0n) is 17.7. The van der Waals surface area contributed by atoms with E-state index in [9.17, 15) is 9.18 Å². The molecular formula is C26H28FN3O. The van der Waals surface area contributed by atoms with Crippen LogP contribution < -0.4 is 10.2 Å². The second-order valence-corrected chi connectivity index (χ2v) is 7.94. The number of benzene rings is 3. The fourth-order valence-electron chi connectivity index (χ4n) is 4.10. The summed E-state index contributed by atoms with van der Waals surface area (Å²) in [4.78, 5) is 17.6. The molecule has 0 radical (unpaired) electrons. The predicted octanol–water partition coefficient (Wildman–Crippen LogP) is 4.24. The Balaban J connectivity index is 1.41. The van der Waals surface area contributed by atoms with Gasteiger partial charge in [0.2, 0.25) is 5.91 Å². The molecule has 1 aliphatic heterocycles. The molecule has 3 aromatic carbocycles. The highest BCUT2D eigenvalue weighted by molar-refractivity contribution is 5.82. The normalized spacial score (nSPS) is 15.6. The summed E-state index contributed by atoms with van der Waals surface area (Å²) in [5.41, 5.74) is 3.15. The van der Waals surface area contributed by atoms with Gasteiger partial charge in [-0.15, -0.1) is 0 Å². The van der Waals surface area contributed by atoms with Gasteiger partial charge in [0.05, 0.1) is 12.1 Å². The van der Waals surface area contributed by atoms with Crippen molar-refractivity contribution in [3.05, 3.63) is 102 Å². The van der Waals surface area contributed by atoms with Crippen LogP contribution in [-0.4, -0.2) is 43.0 Å². The van der Waals surface area contributed by atoms with Crippen LogP contribution in [0.25, 0.3) is 0 Å². The van der Waals surface area contributed by atoms with Crippen molar-refractivity contribution in [2.45, 2.75) is 19.0 Å². The number of carbonyl (C=O) groups is 1. The van der Waals surface area contributed by atoms with Crippen LogP contribution in [0.15, 0.2) is 84.9 Å². The largest absolute Gasteiger partial charge is 0.369 e. The van der Waals surface area contributed by atoms with E-state index in [4.69, 9.17) is 0 Å². The quantitative estimate of drug-likeness (QED) is 0.652. The lowest BCUT2D eigenvalue weighted by Gasteiger charge is -2.39. The van der Waals surface area contributed by atoms with Gasteiger partial charge in [-0.25, -0.2) is 4.39 Å². The minimum absolute atomic E-state index is 0.0212. The molecule has 1 aliphatic rings. The lowest BCUT2D eigenvalue weighted by Crippen LogP contribution is -2.54. The molecule has 1 atom stereocenters. The van der Waals surface area contributed by atoms with Crippen LogP contribution in [-0.2, 0) is 4.79 Å². The van der Waals surface area contributed by atoms with Gasteiger partial charge in [-0.1, -0.05) is 60.7 Å². The second-order valence-electron chi connectivity index (χ2n) is 7.94. The molecule has 1 unspecified atom stereocenters. The molecule has 1 amide bonds. The van der Waals surface area contributed by atoms with Crippen LogP contribution in [0.1, 0.15) is 24.1 Å². The molecule has 31 heavy (non-hydrogen) atoms. The Morgan fingerprint density at radius 2 is 1.32 bits per heavy atom. The molecule has 4 nitrogen and oxygen atoms in total. The fourth-order valence-corrected chi connectivity index (χ4v) is 4.10. The first-order chi connectivity index (χ1) is 15.1. The molecule has 0 spiro atoms. The summed E-state index contributed by atoms with van der Waals surface area (Å²) in [5, 5.41) is 3.26. The number of hydrogen-bond acceptors (Lipinski definition) is 3. The standard InChI is InChI=1S/C26H28FN3O/c1-20(29-16-18-30(19-17-29)24-14-12-23(27)13-15-24)26(31)28-25(21-8-4-2-5-9-21)22-10-6-3-7-11-22/h2-15,20,25H,16-19H2,1H3,(H,28,31). The summed E-state index contributed by atoms with van der Waals surface area (Å²) in [6.45, 7) is 5.16. The average Bonchev–Trinajstić information content (AvgIpc) is 2.83. The highest BCUT2D eigenvalue weighted by atomic mass is 19.1. The van der Waals surface area contributed by atoms with Crippen LogP contribution >= 0.6 is 0 Å². The van der Waals surface area contributed by atoms with Crippen molar-refractivity contribution in [2.24, 2.45) is 0 Å². The SMILES string of the molecule is CC(C(=O)NC(c1ccccc1)c1ccccc1)N1CCN(c2ccc(F)cc2)CC1. The van der Waals surface area contributed by atoms with Gasteiger partial charge in [-0.3, -0.25) is 9.69 Å². The Kier molecular flexibility index (Phi) is 6.63. The summed E-state index contributed by atoms with van der Waals surface area (Å²) in [7, 11) is 0. The molecule has 5 heteroatoms. The van der Waals surface area contributed by atoms with Crippen LogP contribution in [0.3, 0.4) is 0 Å². The fraction of sp³-hybridized carbons (Fsp3) is 0.269. The minimum atomic E-state index is -0.231. The van der Waals surface area contributed by atoms with Crippen molar-refractivity contribution >= 4 is 11.6 Å². The summed E-state index contributed by atoms with van der Waals surface area (Å²) in [5.74, 6) is -0.202. The Morgan fingerprint density at radius 1 is 0.806 bits per heavy atom. The third-order valence-corrected chi connectivity index (χ3v) is 5.99. The lowest BCUT2D eigenvalue weighted by atomic mass is 9.98. The van der Waals surface area contributed by atoms with Gasteiger partial charge in [0.15, 0.2) is 0 Å². The molecule has 4 rings (SSSR count). The van der Waals surface area contributed by atoms with Gasteiger partial charge in [0.1, 0.15) is 5.82 Å². The van der Waals surface area contributed by atoms with E-state index >= 15 is 0 Å². The van der Waals surface area contributed by atoms with Crippen molar-refractivity contribution in [1.29, 1.82) is 0 Å². The van der Waals surface area contributed by atoms with Gasteiger partial charge in [-0.2, -0.15) is 0 Å². The van der Waals surface area contributed by atoms with Crippen molar-refractivity contribution in [2.75, 3.05) is 31.1 Å². The van der Waals surface area contributed by atoms with E-state index in [1.165, 1.54) is 12.1 Å². The number of amides is 1. The van der Waals surface area contributed by atoms with Gasteiger partial charge in [-0.05, 0) is 42.3 Å². The first-order valence-electron chi connectivity index (χ1n) is 10.8. The number of anilines is 1. The molecule has 1 saturated heterocycles. The molecule has 160 valence electrons. The molecule has 0 aromatic heterocycles. The van der Waals surface area contributed by atoms with Crippen LogP contribution in [0.2, 0.25) is 0 Å². The van der Waals surface area contributed by atoms with E-state index in [-0.39, 0.29) is 23.8 Å². The van der Waals surface area contributed by atoms with Crippen molar-refractivity contribution < 1.29 is 9.18 Å². The smallest absolute Gasteiger partial charge is 0.237 e. The number of halogens is 1. The number of hydrogen-bond donors (Lipinski definition) is 1. The topological polar surface area (TPSA) is 35.6 Å². The van der Waals surface area contributed by atoms with E-state index in [0.29, 0.717) is 0 Å². The molecule has 0 saturated carbocycles. The highest BCUT2D eigenvalue weighted by Crippen LogP contribution is 2.23. The molecular weight excluding hydrogens is 389 g/mol. The van der Waals surface area contributed by atoms with Crippen molar-refractivity contribution in [3.63, 3.8) is 0 Å². The second kappa shape index (κ2) is 9.75. The first-order valence-corrected chi connectivity index (χ1v) is 10.8. The summed E-state index contributed by atoms with van der Waals surface area (Å²) < 4.78 is 13.2. The summed E-state index contributed by atoms with van der Waals surface area (Å²) in [6, 6.07) is 26.3. The van der Waals surface area contributed by atoms with Gasteiger partial charge >= 0.3 is 0 Å². The average molecular weight is 418 g/mol. The minimum Gasteiger partial charge on any atom is -0.369 e. The molecule has 1 fully saturated rings. The number of nitrogens with zero attached hydrogens (tertiary/aromatic N) is 2. The lowest BCUT2D eigenvalue weighted by molar-refractivity contribution is -0.126. The van der Waals surface area contributed by atoms with Crippen molar-refractivity contribution in [3.8, 4) is 0 Å². The van der Waals surface area contributed by atoms with Gasteiger partial charge < -0.3 is 10.2 Å². The predicted molar refractivity (Wildman–Crippen MR) is 123 cm³/mol. The van der Waals surface area contributed by atoms with Crippen LogP contribution in [0.5, 0.6) is 0 Å². The summed E-state index contributed by atoms with van der Waals surface area (Å²) in [6.07, 6.45) is 0. The Hall–Kier alpha value is -3.18. The Morgan fingerprint density at radius 3 is 1.84 bits per heavy atom. The zero-order valence-corrected chi connectivity index (χ0v) is 17.7. The molecule has 1 heterocycles. The first kappa shape index (κ1) is 21.1. The molecule has 3 aromatic rings. The molecule has 0 aliphatic carbocycles. The van der Waals surface area contributed by atoms with Gasteiger partial charge in [0, 0.05) is 31.9 Å².